The zero-order chi connectivity index (χ0) is 18.0. The van der Waals surface area contributed by atoms with Crippen molar-refractivity contribution in [2.75, 3.05) is 11.9 Å². The lowest BCUT2D eigenvalue weighted by molar-refractivity contribution is -0.118. The second kappa shape index (κ2) is 7.64. The van der Waals surface area contributed by atoms with Crippen molar-refractivity contribution in [3.63, 3.8) is 0 Å². The molecule has 1 heterocycles. The molecule has 8 heteroatoms. The van der Waals surface area contributed by atoms with Crippen molar-refractivity contribution in [3.05, 3.63) is 44.2 Å². The van der Waals surface area contributed by atoms with E-state index in [1.165, 1.54) is 11.3 Å². The Morgan fingerprint density at radius 1 is 1.16 bits per heavy atom. The summed E-state index contributed by atoms with van der Waals surface area (Å²) in [6, 6.07) is 4.71. The number of benzene rings is 1. The molecular formula is C17H16Cl2N2O3S. The third kappa shape index (κ3) is 4.26. The van der Waals surface area contributed by atoms with Gasteiger partial charge in [0.05, 0.1) is 5.56 Å². The monoisotopic (exact) mass is 398 g/mol. The number of hydrogen-bond acceptors (Lipinski definition) is 4. The fourth-order valence-corrected chi connectivity index (χ4v) is 4.65. The molecule has 5 nitrogen and oxygen atoms in total. The van der Waals surface area contributed by atoms with E-state index in [9.17, 15) is 9.59 Å². The van der Waals surface area contributed by atoms with E-state index < -0.39 is 5.91 Å². The maximum Gasteiger partial charge on any atom is 0.262 e. The van der Waals surface area contributed by atoms with Gasteiger partial charge in [0.2, 0.25) is 0 Å². The molecule has 3 rings (SSSR count). The smallest absolute Gasteiger partial charge is 0.262 e. The maximum atomic E-state index is 12.2. The van der Waals surface area contributed by atoms with Crippen LogP contribution in [-0.4, -0.2) is 18.4 Å². The number of nitrogens with two attached hydrogens (primary N) is 1. The van der Waals surface area contributed by atoms with Gasteiger partial charge in [0, 0.05) is 14.9 Å². The predicted octanol–water partition coefficient (Wildman–Crippen LogP) is 4.05. The molecule has 25 heavy (non-hydrogen) atoms. The van der Waals surface area contributed by atoms with Crippen LogP contribution in [0.4, 0.5) is 5.00 Å². The van der Waals surface area contributed by atoms with Gasteiger partial charge in [-0.05, 0) is 49.4 Å². The molecule has 0 radical (unpaired) electrons. The van der Waals surface area contributed by atoms with Gasteiger partial charge in [0.15, 0.2) is 6.61 Å². The van der Waals surface area contributed by atoms with Crippen molar-refractivity contribution >= 4 is 51.4 Å². The minimum Gasteiger partial charge on any atom is -0.484 e. The van der Waals surface area contributed by atoms with Gasteiger partial charge in [-0.1, -0.05) is 23.2 Å². The van der Waals surface area contributed by atoms with E-state index in [0.29, 0.717) is 26.4 Å². The van der Waals surface area contributed by atoms with E-state index in [0.717, 1.165) is 36.1 Å². The van der Waals surface area contributed by atoms with Gasteiger partial charge in [0.25, 0.3) is 11.8 Å². The van der Waals surface area contributed by atoms with Crippen molar-refractivity contribution < 1.29 is 14.3 Å². The topological polar surface area (TPSA) is 81.4 Å². The van der Waals surface area contributed by atoms with Crippen LogP contribution in [0.1, 0.15) is 33.6 Å². The van der Waals surface area contributed by atoms with Crippen molar-refractivity contribution in [2.45, 2.75) is 25.7 Å². The lowest BCUT2D eigenvalue weighted by atomic mass is 9.95. The molecule has 0 bridgehead atoms. The normalized spacial score (nSPS) is 13.2. The molecule has 2 amide bonds. The molecule has 0 saturated heterocycles. The fraction of sp³-hybridized carbons (Fsp3) is 0.294. The molecule has 0 spiro atoms. The van der Waals surface area contributed by atoms with Crippen molar-refractivity contribution in [2.24, 2.45) is 5.73 Å². The van der Waals surface area contributed by atoms with Gasteiger partial charge in [-0.2, -0.15) is 0 Å². The number of hydrogen-bond donors (Lipinski definition) is 2. The highest BCUT2D eigenvalue weighted by molar-refractivity contribution is 7.17. The first-order valence-corrected chi connectivity index (χ1v) is 9.34. The summed E-state index contributed by atoms with van der Waals surface area (Å²) in [7, 11) is 0. The Labute approximate surface area is 159 Å². The molecule has 3 N–H and O–H groups in total. The summed E-state index contributed by atoms with van der Waals surface area (Å²) in [6.07, 6.45) is 3.83. The standard InChI is InChI=1S/C17H16Cl2N2O3S/c18-9-5-10(19)7-11(6-9)24-8-14(22)21-17-15(16(20)23)12-3-1-2-4-13(12)25-17/h5-7H,1-4,8H2,(H2,20,23)(H,21,22). The minimum absolute atomic E-state index is 0.225. The highest BCUT2D eigenvalue weighted by Crippen LogP contribution is 2.37. The van der Waals surface area contributed by atoms with Crippen LogP contribution in [-0.2, 0) is 17.6 Å². The van der Waals surface area contributed by atoms with E-state index >= 15 is 0 Å². The number of carbonyl (C=O) groups excluding carboxylic acids is 2. The first kappa shape index (κ1) is 18.0. The average molecular weight is 399 g/mol. The minimum atomic E-state index is -0.516. The Bertz CT molecular complexity index is 815. The number of aryl methyl sites for hydroxylation is 1. The number of anilines is 1. The van der Waals surface area contributed by atoms with Crippen molar-refractivity contribution in [1.29, 1.82) is 0 Å². The highest BCUT2D eigenvalue weighted by Gasteiger charge is 2.25. The summed E-state index contributed by atoms with van der Waals surface area (Å²) in [5, 5.41) is 4.08. The van der Waals surface area contributed by atoms with E-state index in [1.807, 2.05) is 0 Å². The van der Waals surface area contributed by atoms with Crippen LogP contribution in [0.15, 0.2) is 18.2 Å². The second-order valence-corrected chi connectivity index (χ2v) is 7.70. The number of ether oxygens (including phenoxy) is 1. The van der Waals surface area contributed by atoms with E-state index in [-0.39, 0.29) is 12.5 Å². The Morgan fingerprint density at radius 2 is 1.84 bits per heavy atom. The highest BCUT2D eigenvalue weighted by atomic mass is 35.5. The maximum absolute atomic E-state index is 12.2. The summed E-state index contributed by atoms with van der Waals surface area (Å²) in [5.74, 6) is -0.498. The third-order valence-corrected chi connectivity index (χ3v) is 5.52. The number of fused-ring (bicyclic) bond motifs is 1. The van der Waals surface area contributed by atoms with Crippen LogP contribution in [0.25, 0.3) is 0 Å². The molecule has 0 saturated carbocycles. The number of rotatable bonds is 5. The summed E-state index contributed by atoms with van der Waals surface area (Å²) in [4.78, 5) is 25.1. The number of amides is 2. The third-order valence-electron chi connectivity index (χ3n) is 3.88. The van der Waals surface area contributed by atoms with Gasteiger partial charge in [-0.25, -0.2) is 0 Å². The Kier molecular flexibility index (Phi) is 5.51. The van der Waals surface area contributed by atoms with Crippen LogP contribution < -0.4 is 15.8 Å². The van der Waals surface area contributed by atoms with E-state index in [1.54, 1.807) is 18.2 Å². The molecule has 0 aliphatic heterocycles. The van der Waals surface area contributed by atoms with Crippen LogP contribution in [0.3, 0.4) is 0 Å². The number of primary amides is 1. The predicted molar refractivity (Wildman–Crippen MR) is 100 cm³/mol. The molecule has 0 unspecified atom stereocenters. The Morgan fingerprint density at radius 3 is 2.52 bits per heavy atom. The van der Waals surface area contributed by atoms with Crippen LogP contribution in [0, 0.1) is 0 Å². The quantitative estimate of drug-likeness (QED) is 0.796. The lowest BCUT2D eigenvalue weighted by Gasteiger charge is -2.11. The summed E-state index contributed by atoms with van der Waals surface area (Å²) >= 11 is 13.2. The van der Waals surface area contributed by atoms with Gasteiger partial charge in [-0.15, -0.1) is 11.3 Å². The largest absolute Gasteiger partial charge is 0.484 e. The summed E-state index contributed by atoms with van der Waals surface area (Å²) < 4.78 is 5.41. The second-order valence-electron chi connectivity index (χ2n) is 5.72. The molecule has 1 aliphatic rings. The summed E-state index contributed by atoms with van der Waals surface area (Å²) in [6.45, 7) is -0.225. The molecule has 1 aliphatic carbocycles. The van der Waals surface area contributed by atoms with E-state index in [2.05, 4.69) is 5.32 Å². The number of thiophene rings is 1. The van der Waals surface area contributed by atoms with Crippen LogP contribution in [0.2, 0.25) is 10.0 Å². The van der Waals surface area contributed by atoms with Crippen molar-refractivity contribution in [1.82, 2.24) is 0 Å². The molecule has 1 aromatic heterocycles. The first-order valence-electron chi connectivity index (χ1n) is 7.77. The fourth-order valence-electron chi connectivity index (χ4n) is 2.84. The zero-order valence-electron chi connectivity index (χ0n) is 13.2. The van der Waals surface area contributed by atoms with Gasteiger partial charge in [0.1, 0.15) is 10.8 Å². The van der Waals surface area contributed by atoms with Gasteiger partial charge in [-0.3, -0.25) is 9.59 Å². The molecule has 0 atom stereocenters. The van der Waals surface area contributed by atoms with Crippen molar-refractivity contribution in [3.8, 4) is 5.75 Å². The average Bonchev–Trinajstić information content (AvgIpc) is 2.90. The SMILES string of the molecule is NC(=O)c1c(NC(=O)COc2cc(Cl)cc(Cl)c2)sc2c1CCCC2. The number of halogens is 2. The molecular weight excluding hydrogens is 383 g/mol. The van der Waals surface area contributed by atoms with Crippen LogP contribution >= 0.6 is 34.5 Å². The Hall–Kier alpha value is -1.76. The lowest BCUT2D eigenvalue weighted by Crippen LogP contribution is -2.22. The number of nitrogens with one attached hydrogen (secondary N) is 1. The summed E-state index contributed by atoms with van der Waals surface area (Å²) in [5.41, 5.74) is 6.92. The molecule has 132 valence electrons. The van der Waals surface area contributed by atoms with Gasteiger partial charge >= 0.3 is 0 Å². The zero-order valence-corrected chi connectivity index (χ0v) is 15.6. The van der Waals surface area contributed by atoms with Crippen LogP contribution in [0.5, 0.6) is 5.75 Å². The molecule has 0 fully saturated rings. The molecule has 2 aromatic rings. The van der Waals surface area contributed by atoms with Gasteiger partial charge < -0.3 is 15.8 Å². The van der Waals surface area contributed by atoms with E-state index in [4.69, 9.17) is 33.7 Å². The Balaban J connectivity index is 1.70. The molecule has 1 aromatic carbocycles. The number of carbonyl (C=O) groups is 2. The first-order chi connectivity index (χ1) is 11.9.